The first-order valence-electron chi connectivity index (χ1n) is 8.09. The molecule has 0 atom stereocenters. The molecule has 7 nitrogen and oxygen atoms in total. The average molecular weight is 429 g/mol. The number of benzene rings is 1. The van der Waals surface area contributed by atoms with Gasteiger partial charge in [-0.3, -0.25) is 9.48 Å². The molecule has 1 N–H and O–H groups in total. The van der Waals surface area contributed by atoms with Crippen molar-refractivity contribution in [3.63, 3.8) is 0 Å². The number of nitrogens with zero attached hydrogens (tertiary/aromatic N) is 4. The lowest BCUT2D eigenvalue weighted by molar-refractivity contribution is 0.0945. The van der Waals surface area contributed by atoms with Gasteiger partial charge in [-0.15, -0.1) is 0 Å². The molecule has 1 aromatic carbocycles. The highest BCUT2D eigenvalue weighted by atomic mass is 35.5. The lowest BCUT2D eigenvalue weighted by Crippen LogP contribution is -2.26. The Bertz CT molecular complexity index is 905. The van der Waals surface area contributed by atoms with Crippen LogP contribution in [-0.2, 0) is 13.3 Å². The number of aryl methyl sites for hydroxylation is 1. The lowest BCUT2D eigenvalue weighted by Gasteiger charge is -2.09. The van der Waals surface area contributed by atoms with Crippen LogP contribution in [0, 0.1) is 0 Å². The molecule has 0 saturated heterocycles. The van der Waals surface area contributed by atoms with Crippen molar-refractivity contribution in [2.45, 2.75) is 19.7 Å². The second-order valence-corrected chi connectivity index (χ2v) is 6.85. The Morgan fingerprint density at radius 2 is 1.93 bits per heavy atom. The van der Waals surface area contributed by atoms with Crippen molar-refractivity contribution < 1.29 is 9.53 Å². The summed E-state index contributed by atoms with van der Waals surface area (Å²) in [6.07, 6.45) is 5.67. The SMILES string of the molecule is O=C(NCCCn1cc(Cl)cn1)c1ccn(COc2c(Cl)cccc2Cl)n1. The van der Waals surface area contributed by atoms with Crippen molar-refractivity contribution in [3.05, 3.63) is 63.6 Å². The number of ether oxygens (including phenoxy) is 1. The number of hydrogen-bond donors (Lipinski definition) is 1. The van der Waals surface area contributed by atoms with Crippen molar-refractivity contribution in [1.29, 1.82) is 0 Å². The molecule has 0 aliphatic heterocycles. The standard InChI is InChI=1S/C17H16Cl3N5O2/c18-12-9-22-24(10-12)7-2-6-21-17(26)15-5-8-25(23-15)11-27-16-13(19)3-1-4-14(16)20/h1,3-5,8-10H,2,6-7,11H2,(H,21,26). The molecule has 3 rings (SSSR count). The van der Waals surface area contributed by atoms with E-state index in [1.165, 1.54) is 4.68 Å². The predicted octanol–water partition coefficient (Wildman–Crippen LogP) is 3.90. The maximum atomic E-state index is 12.1. The highest BCUT2D eigenvalue weighted by Crippen LogP contribution is 2.32. The number of aromatic nitrogens is 4. The van der Waals surface area contributed by atoms with E-state index in [0.29, 0.717) is 39.6 Å². The minimum Gasteiger partial charge on any atom is -0.468 e. The van der Waals surface area contributed by atoms with Crippen molar-refractivity contribution in [2.75, 3.05) is 6.54 Å². The van der Waals surface area contributed by atoms with Gasteiger partial charge >= 0.3 is 0 Å². The molecular weight excluding hydrogens is 413 g/mol. The van der Waals surface area contributed by atoms with E-state index in [0.717, 1.165) is 6.42 Å². The van der Waals surface area contributed by atoms with E-state index < -0.39 is 0 Å². The van der Waals surface area contributed by atoms with E-state index in [9.17, 15) is 4.79 Å². The highest BCUT2D eigenvalue weighted by Gasteiger charge is 2.11. The number of halogens is 3. The highest BCUT2D eigenvalue weighted by molar-refractivity contribution is 6.37. The zero-order valence-electron chi connectivity index (χ0n) is 14.1. The Balaban J connectivity index is 1.46. The summed E-state index contributed by atoms with van der Waals surface area (Å²) in [7, 11) is 0. The molecule has 0 bridgehead atoms. The molecule has 0 fully saturated rings. The summed E-state index contributed by atoms with van der Waals surface area (Å²) in [5.41, 5.74) is 0.297. The largest absolute Gasteiger partial charge is 0.468 e. The van der Waals surface area contributed by atoms with Gasteiger partial charge in [0.15, 0.2) is 12.5 Å². The van der Waals surface area contributed by atoms with Gasteiger partial charge in [0.05, 0.1) is 21.3 Å². The van der Waals surface area contributed by atoms with Crippen molar-refractivity contribution >= 4 is 40.7 Å². The Labute approximate surface area is 170 Å². The second-order valence-electron chi connectivity index (χ2n) is 5.60. The summed E-state index contributed by atoms with van der Waals surface area (Å²) in [4.78, 5) is 12.1. The van der Waals surface area contributed by atoms with Gasteiger partial charge in [0.2, 0.25) is 0 Å². The van der Waals surface area contributed by atoms with Gasteiger partial charge in [-0.05, 0) is 24.6 Å². The first-order chi connectivity index (χ1) is 13.0. The molecule has 2 heterocycles. The van der Waals surface area contributed by atoms with Gasteiger partial charge in [-0.1, -0.05) is 40.9 Å². The maximum absolute atomic E-state index is 12.1. The molecule has 0 aliphatic rings. The fraction of sp³-hybridized carbons (Fsp3) is 0.235. The van der Waals surface area contributed by atoms with Gasteiger partial charge in [-0.25, -0.2) is 4.68 Å². The molecule has 1 amide bonds. The molecule has 2 aromatic heterocycles. The Morgan fingerprint density at radius 1 is 1.15 bits per heavy atom. The third-order valence-corrected chi connectivity index (χ3v) is 4.38. The third kappa shape index (κ3) is 5.38. The Kier molecular flexibility index (Phi) is 6.60. The summed E-state index contributed by atoms with van der Waals surface area (Å²) in [5.74, 6) is 0.115. The minimum atomic E-state index is -0.261. The average Bonchev–Trinajstić information content (AvgIpc) is 3.27. The Morgan fingerprint density at radius 3 is 2.63 bits per heavy atom. The van der Waals surface area contributed by atoms with Crippen molar-refractivity contribution in [3.8, 4) is 5.75 Å². The molecule has 27 heavy (non-hydrogen) atoms. The van der Waals surface area contributed by atoms with Gasteiger partial charge < -0.3 is 10.1 Å². The number of nitrogens with one attached hydrogen (secondary N) is 1. The Hall–Kier alpha value is -2.22. The smallest absolute Gasteiger partial charge is 0.271 e. The van der Waals surface area contributed by atoms with Crippen LogP contribution in [0.2, 0.25) is 15.1 Å². The molecule has 0 aliphatic carbocycles. The van der Waals surface area contributed by atoms with Crippen molar-refractivity contribution in [1.82, 2.24) is 24.9 Å². The van der Waals surface area contributed by atoms with Crippen LogP contribution in [0.1, 0.15) is 16.9 Å². The first-order valence-corrected chi connectivity index (χ1v) is 9.23. The third-order valence-electron chi connectivity index (χ3n) is 3.58. The number of rotatable bonds is 8. The van der Waals surface area contributed by atoms with E-state index >= 15 is 0 Å². The van der Waals surface area contributed by atoms with Crippen LogP contribution in [0.5, 0.6) is 5.75 Å². The number of amides is 1. The molecule has 0 unspecified atom stereocenters. The van der Waals surface area contributed by atoms with Crippen LogP contribution in [0.15, 0.2) is 42.9 Å². The van der Waals surface area contributed by atoms with E-state index in [2.05, 4.69) is 15.5 Å². The topological polar surface area (TPSA) is 74.0 Å². The fourth-order valence-electron chi connectivity index (χ4n) is 2.30. The van der Waals surface area contributed by atoms with Gasteiger partial charge in [0.25, 0.3) is 5.91 Å². The molecule has 3 aromatic rings. The van der Waals surface area contributed by atoms with Crippen LogP contribution < -0.4 is 10.1 Å². The summed E-state index contributed by atoms with van der Waals surface area (Å²) in [6, 6.07) is 6.71. The van der Waals surface area contributed by atoms with Crippen LogP contribution in [0.3, 0.4) is 0 Å². The van der Waals surface area contributed by atoms with Crippen molar-refractivity contribution in [2.24, 2.45) is 0 Å². The number of hydrogen-bond acceptors (Lipinski definition) is 4. The van der Waals surface area contributed by atoms with Crippen LogP contribution >= 0.6 is 34.8 Å². The monoisotopic (exact) mass is 427 g/mol. The van der Waals surface area contributed by atoms with Crippen LogP contribution in [-0.4, -0.2) is 32.0 Å². The number of carbonyl (C=O) groups is 1. The number of carbonyl (C=O) groups excluding carboxylic acids is 1. The normalized spacial score (nSPS) is 10.8. The summed E-state index contributed by atoms with van der Waals surface area (Å²) in [5, 5.41) is 12.5. The lowest BCUT2D eigenvalue weighted by atomic mass is 10.3. The van der Waals surface area contributed by atoms with Gasteiger partial charge in [0.1, 0.15) is 5.69 Å². The zero-order chi connectivity index (χ0) is 19.2. The van der Waals surface area contributed by atoms with E-state index in [1.807, 2.05) is 0 Å². The summed E-state index contributed by atoms with van der Waals surface area (Å²) < 4.78 is 8.79. The van der Waals surface area contributed by atoms with E-state index in [4.69, 9.17) is 39.5 Å². The second kappa shape index (κ2) is 9.12. The summed E-state index contributed by atoms with van der Waals surface area (Å²) in [6.45, 7) is 1.24. The molecule has 142 valence electrons. The van der Waals surface area contributed by atoms with Gasteiger partial charge in [0, 0.05) is 25.5 Å². The predicted molar refractivity (Wildman–Crippen MR) is 104 cm³/mol. The fourth-order valence-corrected chi connectivity index (χ4v) is 2.96. The van der Waals surface area contributed by atoms with Gasteiger partial charge in [-0.2, -0.15) is 10.2 Å². The van der Waals surface area contributed by atoms with E-state index in [-0.39, 0.29) is 12.6 Å². The quantitative estimate of drug-likeness (QED) is 0.552. The van der Waals surface area contributed by atoms with E-state index in [1.54, 1.807) is 47.5 Å². The minimum absolute atomic E-state index is 0.0802. The van der Waals surface area contributed by atoms with Crippen LogP contribution in [0.25, 0.3) is 0 Å². The molecule has 0 radical (unpaired) electrons. The first kappa shape index (κ1) is 19.5. The molecular formula is C17H16Cl3N5O2. The number of para-hydroxylation sites is 1. The van der Waals surface area contributed by atoms with Crippen LogP contribution in [0.4, 0.5) is 0 Å². The molecule has 0 saturated carbocycles. The summed E-state index contributed by atoms with van der Waals surface area (Å²) >= 11 is 17.9. The molecule has 0 spiro atoms. The zero-order valence-corrected chi connectivity index (χ0v) is 16.4. The molecule has 10 heteroatoms. The maximum Gasteiger partial charge on any atom is 0.271 e.